The maximum Gasteiger partial charge on any atom is 0.260 e. The molecule has 0 spiro atoms. The van der Waals surface area contributed by atoms with Crippen molar-refractivity contribution >= 4 is 56.6 Å². The fourth-order valence-electron chi connectivity index (χ4n) is 3.18. The molecule has 1 amide bonds. The van der Waals surface area contributed by atoms with Gasteiger partial charge >= 0.3 is 0 Å². The molecule has 0 bridgehead atoms. The highest BCUT2D eigenvalue weighted by Crippen LogP contribution is 2.32. The summed E-state index contributed by atoms with van der Waals surface area (Å²) < 4.78 is 0.990. The maximum absolute atomic E-state index is 13.5. The Bertz CT molecular complexity index is 985. The van der Waals surface area contributed by atoms with Gasteiger partial charge < -0.3 is 4.90 Å². The number of likely N-dealkylation sites (N-methyl/N-ethyl adjacent to an activating group) is 1. The van der Waals surface area contributed by atoms with Crippen molar-refractivity contribution in [3.8, 4) is 0 Å². The van der Waals surface area contributed by atoms with Crippen molar-refractivity contribution in [1.29, 1.82) is 0 Å². The van der Waals surface area contributed by atoms with E-state index >= 15 is 0 Å². The first-order valence-corrected chi connectivity index (χ1v) is 10.8. The Morgan fingerprint density at radius 2 is 1.79 bits per heavy atom. The third-order valence-electron chi connectivity index (χ3n) is 4.97. The summed E-state index contributed by atoms with van der Waals surface area (Å²) in [6.07, 6.45) is 0. The predicted molar refractivity (Wildman–Crippen MR) is 127 cm³/mol. The van der Waals surface area contributed by atoms with Gasteiger partial charge in [-0.3, -0.25) is 9.69 Å². The lowest BCUT2D eigenvalue weighted by atomic mass is 10.0. The minimum Gasteiger partial charge on any atom is -0.302 e. The van der Waals surface area contributed by atoms with E-state index in [4.69, 9.17) is 16.6 Å². The van der Waals surface area contributed by atoms with Crippen LogP contribution in [0.3, 0.4) is 0 Å². The highest BCUT2D eigenvalue weighted by Gasteiger charge is 2.23. The average Bonchev–Trinajstić information content (AvgIpc) is 3.09. The lowest BCUT2D eigenvalue weighted by molar-refractivity contribution is 0.0983. The van der Waals surface area contributed by atoms with Gasteiger partial charge in [-0.15, -0.1) is 12.4 Å². The molecular formula is C22H27Cl2N3OS. The van der Waals surface area contributed by atoms with Crippen LogP contribution in [0.4, 0.5) is 5.13 Å². The van der Waals surface area contributed by atoms with Gasteiger partial charge in [0.1, 0.15) is 0 Å². The minimum atomic E-state index is -0.00138. The van der Waals surface area contributed by atoms with E-state index in [1.165, 1.54) is 11.3 Å². The van der Waals surface area contributed by atoms with Crippen LogP contribution in [0.5, 0.6) is 0 Å². The lowest BCUT2D eigenvalue weighted by Crippen LogP contribution is -2.39. The van der Waals surface area contributed by atoms with E-state index in [2.05, 4.69) is 18.7 Å². The second-order valence-corrected chi connectivity index (χ2v) is 8.36. The molecule has 1 heterocycles. The average molecular weight is 452 g/mol. The van der Waals surface area contributed by atoms with E-state index in [9.17, 15) is 4.79 Å². The van der Waals surface area contributed by atoms with Crippen molar-refractivity contribution in [2.75, 3.05) is 31.1 Å². The van der Waals surface area contributed by atoms with Crippen LogP contribution in [-0.2, 0) is 0 Å². The number of hydrogen-bond acceptors (Lipinski definition) is 4. The van der Waals surface area contributed by atoms with E-state index in [1.807, 2.05) is 55.1 Å². The molecule has 0 unspecified atom stereocenters. The lowest BCUT2D eigenvalue weighted by Gasteiger charge is -2.25. The number of anilines is 1. The zero-order chi connectivity index (χ0) is 20.3. The van der Waals surface area contributed by atoms with Gasteiger partial charge in [0.05, 0.1) is 10.2 Å². The maximum atomic E-state index is 13.5. The van der Waals surface area contributed by atoms with E-state index in [1.54, 1.807) is 0 Å². The molecule has 0 saturated heterocycles. The molecule has 0 aliphatic carbocycles. The number of carbonyl (C=O) groups is 1. The second kappa shape index (κ2) is 10.4. The molecule has 0 saturated carbocycles. The number of benzene rings is 2. The number of hydrogen-bond donors (Lipinski definition) is 0. The molecule has 29 heavy (non-hydrogen) atoms. The first-order valence-electron chi connectivity index (χ1n) is 9.60. The number of fused-ring (bicyclic) bond motifs is 1. The largest absolute Gasteiger partial charge is 0.302 e. The van der Waals surface area contributed by atoms with Gasteiger partial charge in [0.25, 0.3) is 5.91 Å². The van der Waals surface area contributed by atoms with Crippen LogP contribution >= 0.6 is 35.3 Å². The summed E-state index contributed by atoms with van der Waals surface area (Å²) in [6.45, 7) is 11.6. The summed E-state index contributed by atoms with van der Waals surface area (Å²) in [7, 11) is 0. The molecule has 7 heteroatoms. The Morgan fingerprint density at radius 3 is 2.48 bits per heavy atom. The quantitative estimate of drug-likeness (QED) is 0.443. The van der Waals surface area contributed by atoms with Gasteiger partial charge in [-0.2, -0.15) is 0 Å². The highest BCUT2D eigenvalue weighted by atomic mass is 35.5. The SMILES string of the molecule is CCN(CC)CCN(C(=O)c1cc(C)ccc1C)c1nc2ccc(Cl)cc2s1.Cl. The molecule has 156 valence electrons. The first kappa shape index (κ1) is 23.6. The number of aromatic nitrogens is 1. The smallest absolute Gasteiger partial charge is 0.260 e. The molecule has 0 fully saturated rings. The summed E-state index contributed by atoms with van der Waals surface area (Å²) >= 11 is 7.65. The van der Waals surface area contributed by atoms with E-state index in [0.717, 1.165) is 51.7 Å². The summed E-state index contributed by atoms with van der Waals surface area (Å²) in [5.74, 6) is -0.00138. The Morgan fingerprint density at radius 1 is 1.07 bits per heavy atom. The Balaban J connectivity index is 0.00000300. The third-order valence-corrected chi connectivity index (χ3v) is 6.25. The molecule has 3 rings (SSSR count). The van der Waals surface area contributed by atoms with Crippen molar-refractivity contribution in [3.63, 3.8) is 0 Å². The fourth-order valence-corrected chi connectivity index (χ4v) is 4.44. The molecule has 1 aromatic heterocycles. The van der Waals surface area contributed by atoms with Crippen molar-refractivity contribution in [1.82, 2.24) is 9.88 Å². The molecule has 0 aliphatic heterocycles. The van der Waals surface area contributed by atoms with E-state index in [-0.39, 0.29) is 18.3 Å². The first-order chi connectivity index (χ1) is 13.4. The van der Waals surface area contributed by atoms with Crippen LogP contribution in [0.2, 0.25) is 5.02 Å². The number of amides is 1. The number of aryl methyl sites for hydroxylation is 2. The van der Waals surface area contributed by atoms with Crippen LogP contribution in [0, 0.1) is 13.8 Å². The van der Waals surface area contributed by atoms with Crippen molar-refractivity contribution < 1.29 is 4.79 Å². The van der Waals surface area contributed by atoms with Gasteiger partial charge in [-0.1, -0.05) is 54.5 Å². The van der Waals surface area contributed by atoms with Gasteiger partial charge in [-0.25, -0.2) is 4.98 Å². The van der Waals surface area contributed by atoms with E-state index < -0.39 is 0 Å². The number of carbonyl (C=O) groups excluding carboxylic acids is 1. The number of halogens is 2. The Labute approximate surface area is 187 Å². The summed E-state index contributed by atoms with van der Waals surface area (Å²) in [6, 6.07) is 11.6. The molecular weight excluding hydrogens is 425 g/mol. The zero-order valence-corrected chi connectivity index (χ0v) is 19.6. The summed E-state index contributed by atoms with van der Waals surface area (Å²) in [5.41, 5.74) is 3.66. The molecule has 4 nitrogen and oxygen atoms in total. The van der Waals surface area contributed by atoms with Gasteiger partial charge in [0.15, 0.2) is 5.13 Å². The summed E-state index contributed by atoms with van der Waals surface area (Å²) in [5, 5.41) is 1.40. The molecule has 2 aromatic carbocycles. The number of thiazole rings is 1. The topological polar surface area (TPSA) is 36.4 Å². The molecule has 3 aromatic rings. The zero-order valence-electron chi connectivity index (χ0n) is 17.2. The Kier molecular flexibility index (Phi) is 8.46. The number of nitrogens with zero attached hydrogens (tertiary/aromatic N) is 3. The van der Waals surface area contributed by atoms with Gasteiger partial charge in [0.2, 0.25) is 0 Å². The second-order valence-electron chi connectivity index (χ2n) is 6.91. The van der Waals surface area contributed by atoms with Crippen LogP contribution in [0.1, 0.15) is 35.3 Å². The van der Waals surface area contributed by atoms with Gasteiger partial charge in [-0.05, 0) is 56.8 Å². The fraction of sp³-hybridized carbons (Fsp3) is 0.364. The minimum absolute atomic E-state index is 0. The van der Waals surface area contributed by atoms with Crippen LogP contribution in [-0.4, -0.2) is 42.0 Å². The predicted octanol–water partition coefficient (Wildman–Crippen LogP) is 5.98. The van der Waals surface area contributed by atoms with Crippen LogP contribution in [0.15, 0.2) is 36.4 Å². The third kappa shape index (κ3) is 5.48. The molecule has 0 radical (unpaired) electrons. The summed E-state index contributed by atoms with van der Waals surface area (Å²) in [4.78, 5) is 22.4. The molecule has 0 aliphatic rings. The monoisotopic (exact) mass is 451 g/mol. The number of rotatable bonds is 7. The van der Waals surface area contributed by atoms with Crippen LogP contribution < -0.4 is 4.90 Å². The van der Waals surface area contributed by atoms with E-state index in [0.29, 0.717) is 11.6 Å². The van der Waals surface area contributed by atoms with Crippen molar-refractivity contribution in [2.45, 2.75) is 27.7 Å². The van der Waals surface area contributed by atoms with Crippen LogP contribution in [0.25, 0.3) is 10.2 Å². The van der Waals surface area contributed by atoms with Gasteiger partial charge in [0, 0.05) is 23.7 Å². The normalized spacial score (nSPS) is 11.0. The molecule has 0 atom stereocenters. The van der Waals surface area contributed by atoms with Crippen molar-refractivity contribution in [2.24, 2.45) is 0 Å². The highest BCUT2D eigenvalue weighted by molar-refractivity contribution is 7.22. The molecule has 0 N–H and O–H groups in total. The van der Waals surface area contributed by atoms with Crippen molar-refractivity contribution in [3.05, 3.63) is 58.1 Å². The Hall–Kier alpha value is -1.66. The standard InChI is InChI=1S/C22H26ClN3OS.ClH/c1-5-25(6-2)11-12-26(21(27)18-13-15(3)7-8-16(18)4)22-24-19-10-9-17(23)14-20(19)28-22;/h7-10,13-14H,5-6,11-12H2,1-4H3;1H.